The maximum atomic E-state index is 4.97. The molecule has 1 aromatic heterocycles. The molecular formula is C8H11BrN2O. The van der Waals surface area contributed by atoms with E-state index in [1.807, 2.05) is 19.1 Å². The highest BCUT2D eigenvalue weighted by atomic mass is 79.9. The normalized spacial score (nSPS) is 10.2. The summed E-state index contributed by atoms with van der Waals surface area (Å²) in [5, 5.41) is 0. The van der Waals surface area contributed by atoms with Crippen LogP contribution in [-0.2, 0) is 11.4 Å². The molecule has 0 unspecified atom stereocenters. The van der Waals surface area contributed by atoms with Gasteiger partial charge in [-0.05, 0) is 35.0 Å². The van der Waals surface area contributed by atoms with E-state index in [1.165, 1.54) is 0 Å². The third-order valence-corrected chi connectivity index (χ3v) is 1.76. The summed E-state index contributed by atoms with van der Waals surface area (Å²) >= 11 is 3.31. The highest BCUT2D eigenvalue weighted by Gasteiger charge is 1.92. The Labute approximate surface area is 80.2 Å². The first-order valence-electron chi connectivity index (χ1n) is 3.78. The number of rotatable bonds is 4. The first kappa shape index (κ1) is 9.64. The second-order valence-corrected chi connectivity index (χ2v) is 3.14. The summed E-state index contributed by atoms with van der Waals surface area (Å²) in [5.74, 6) is 0. The van der Waals surface area contributed by atoms with E-state index in [9.17, 15) is 0 Å². The predicted octanol–water partition coefficient (Wildman–Crippen LogP) is 1.89. The van der Waals surface area contributed by atoms with E-state index in [0.717, 1.165) is 10.2 Å². The van der Waals surface area contributed by atoms with Gasteiger partial charge in [0.1, 0.15) is 0 Å². The van der Waals surface area contributed by atoms with Gasteiger partial charge in [-0.2, -0.15) is 5.48 Å². The van der Waals surface area contributed by atoms with Gasteiger partial charge in [0.25, 0.3) is 0 Å². The Kier molecular flexibility index (Phi) is 4.21. The average Bonchev–Trinajstić information content (AvgIpc) is 2.09. The number of hydroxylamine groups is 1. The quantitative estimate of drug-likeness (QED) is 0.634. The SMILES string of the molecule is CCONCc1ccc(Br)cn1. The van der Waals surface area contributed by atoms with E-state index >= 15 is 0 Å². The molecule has 1 N–H and O–H groups in total. The lowest BCUT2D eigenvalue weighted by Gasteiger charge is -2.02. The molecule has 0 bridgehead atoms. The lowest BCUT2D eigenvalue weighted by Crippen LogP contribution is -2.14. The fourth-order valence-corrected chi connectivity index (χ4v) is 0.973. The van der Waals surface area contributed by atoms with Crippen molar-refractivity contribution in [1.82, 2.24) is 10.5 Å². The Bertz CT molecular complexity index is 225. The van der Waals surface area contributed by atoms with Crippen molar-refractivity contribution >= 4 is 15.9 Å². The Morgan fingerprint density at radius 1 is 1.58 bits per heavy atom. The van der Waals surface area contributed by atoms with Crippen molar-refractivity contribution < 1.29 is 4.84 Å². The Hall–Kier alpha value is -0.450. The van der Waals surface area contributed by atoms with Gasteiger partial charge in [0, 0.05) is 10.7 Å². The van der Waals surface area contributed by atoms with Crippen LogP contribution in [0.1, 0.15) is 12.6 Å². The van der Waals surface area contributed by atoms with Gasteiger partial charge in [-0.15, -0.1) is 0 Å². The molecule has 1 heterocycles. The van der Waals surface area contributed by atoms with Crippen molar-refractivity contribution in [3.8, 4) is 0 Å². The van der Waals surface area contributed by atoms with Crippen molar-refractivity contribution in [1.29, 1.82) is 0 Å². The third-order valence-electron chi connectivity index (χ3n) is 1.29. The summed E-state index contributed by atoms with van der Waals surface area (Å²) < 4.78 is 0.989. The van der Waals surface area contributed by atoms with Crippen molar-refractivity contribution in [2.45, 2.75) is 13.5 Å². The lowest BCUT2D eigenvalue weighted by molar-refractivity contribution is 0.0456. The zero-order valence-electron chi connectivity index (χ0n) is 6.88. The minimum Gasteiger partial charge on any atom is -0.302 e. The van der Waals surface area contributed by atoms with Crippen LogP contribution in [0.15, 0.2) is 22.8 Å². The first-order valence-corrected chi connectivity index (χ1v) is 4.57. The molecule has 0 atom stereocenters. The smallest absolute Gasteiger partial charge is 0.0654 e. The molecule has 1 aromatic rings. The van der Waals surface area contributed by atoms with Gasteiger partial charge < -0.3 is 4.84 Å². The topological polar surface area (TPSA) is 34.1 Å². The zero-order valence-corrected chi connectivity index (χ0v) is 8.47. The number of aromatic nitrogens is 1. The van der Waals surface area contributed by atoms with Gasteiger partial charge in [0.2, 0.25) is 0 Å². The van der Waals surface area contributed by atoms with E-state index in [4.69, 9.17) is 4.84 Å². The molecule has 0 amide bonds. The van der Waals surface area contributed by atoms with Crippen LogP contribution in [0.25, 0.3) is 0 Å². The molecule has 4 heteroatoms. The number of nitrogens with zero attached hydrogens (tertiary/aromatic N) is 1. The van der Waals surface area contributed by atoms with Crippen LogP contribution < -0.4 is 5.48 Å². The molecule has 12 heavy (non-hydrogen) atoms. The van der Waals surface area contributed by atoms with E-state index in [2.05, 4.69) is 26.4 Å². The van der Waals surface area contributed by atoms with Crippen LogP contribution >= 0.6 is 15.9 Å². The highest BCUT2D eigenvalue weighted by molar-refractivity contribution is 9.10. The molecule has 0 saturated carbocycles. The minimum atomic E-state index is 0.640. The second kappa shape index (κ2) is 5.24. The number of hydrogen-bond acceptors (Lipinski definition) is 3. The molecule has 0 fully saturated rings. The molecule has 1 rings (SSSR count). The van der Waals surface area contributed by atoms with Crippen LogP contribution in [0.5, 0.6) is 0 Å². The summed E-state index contributed by atoms with van der Waals surface area (Å²) in [6.07, 6.45) is 1.77. The van der Waals surface area contributed by atoms with Gasteiger partial charge in [-0.25, -0.2) is 0 Å². The van der Waals surface area contributed by atoms with Gasteiger partial charge in [-0.1, -0.05) is 0 Å². The van der Waals surface area contributed by atoms with E-state index in [-0.39, 0.29) is 0 Å². The van der Waals surface area contributed by atoms with Crippen LogP contribution in [0.4, 0.5) is 0 Å². The largest absolute Gasteiger partial charge is 0.302 e. The molecule has 0 saturated heterocycles. The number of nitrogens with one attached hydrogen (secondary N) is 1. The van der Waals surface area contributed by atoms with Crippen molar-refractivity contribution in [3.63, 3.8) is 0 Å². The molecule has 0 aliphatic rings. The lowest BCUT2D eigenvalue weighted by atomic mass is 10.4. The standard InChI is InChI=1S/C8H11BrN2O/c1-2-12-11-6-8-4-3-7(9)5-10-8/h3-5,11H,2,6H2,1H3. The number of pyridine rings is 1. The average molecular weight is 231 g/mol. The predicted molar refractivity (Wildman–Crippen MR) is 50.4 cm³/mol. The van der Waals surface area contributed by atoms with Crippen LogP contribution in [0.3, 0.4) is 0 Å². The molecule has 0 aliphatic carbocycles. The Morgan fingerprint density at radius 3 is 3.00 bits per heavy atom. The minimum absolute atomic E-state index is 0.640. The molecule has 0 spiro atoms. The summed E-state index contributed by atoms with van der Waals surface area (Å²) in [5.41, 5.74) is 3.76. The molecule has 66 valence electrons. The summed E-state index contributed by atoms with van der Waals surface area (Å²) in [4.78, 5) is 9.13. The maximum Gasteiger partial charge on any atom is 0.0654 e. The fourth-order valence-electron chi connectivity index (χ4n) is 0.738. The van der Waals surface area contributed by atoms with Crippen molar-refractivity contribution in [3.05, 3.63) is 28.5 Å². The van der Waals surface area contributed by atoms with E-state index < -0.39 is 0 Å². The van der Waals surface area contributed by atoms with Crippen LogP contribution in [0, 0.1) is 0 Å². The van der Waals surface area contributed by atoms with E-state index in [1.54, 1.807) is 6.20 Å². The molecular weight excluding hydrogens is 220 g/mol. The van der Waals surface area contributed by atoms with Gasteiger partial charge >= 0.3 is 0 Å². The first-order chi connectivity index (χ1) is 5.83. The Balaban J connectivity index is 2.37. The zero-order chi connectivity index (χ0) is 8.81. The monoisotopic (exact) mass is 230 g/mol. The second-order valence-electron chi connectivity index (χ2n) is 2.22. The Morgan fingerprint density at radius 2 is 2.42 bits per heavy atom. The number of halogens is 1. The fraction of sp³-hybridized carbons (Fsp3) is 0.375. The van der Waals surface area contributed by atoms with Gasteiger partial charge in [0.15, 0.2) is 0 Å². The maximum absolute atomic E-state index is 4.97. The van der Waals surface area contributed by atoms with E-state index in [0.29, 0.717) is 13.2 Å². The van der Waals surface area contributed by atoms with Crippen LogP contribution in [0.2, 0.25) is 0 Å². The molecule has 0 aromatic carbocycles. The highest BCUT2D eigenvalue weighted by Crippen LogP contribution is 2.06. The molecule has 0 aliphatic heterocycles. The molecule has 0 radical (unpaired) electrons. The summed E-state index contributed by atoms with van der Waals surface area (Å²) in [6.45, 7) is 3.24. The van der Waals surface area contributed by atoms with Crippen LogP contribution in [-0.4, -0.2) is 11.6 Å². The van der Waals surface area contributed by atoms with Gasteiger partial charge in [0.05, 0.1) is 18.8 Å². The van der Waals surface area contributed by atoms with Crippen molar-refractivity contribution in [2.24, 2.45) is 0 Å². The summed E-state index contributed by atoms with van der Waals surface area (Å²) in [6, 6.07) is 3.89. The number of hydrogen-bond donors (Lipinski definition) is 1. The van der Waals surface area contributed by atoms with Crippen molar-refractivity contribution in [2.75, 3.05) is 6.61 Å². The van der Waals surface area contributed by atoms with Gasteiger partial charge in [-0.3, -0.25) is 4.98 Å². The summed E-state index contributed by atoms with van der Waals surface area (Å²) in [7, 11) is 0. The third kappa shape index (κ3) is 3.30. The molecule has 3 nitrogen and oxygen atoms in total.